The molecule has 0 atom stereocenters. The molecule has 0 spiro atoms. The van der Waals surface area contributed by atoms with E-state index in [0.717, 1.165) is 34.3 Å². The second-order valence-corrected chi connectivity index (χ2v) is 8.20. The topological polar surface area (TPSA) is 78.9 Å². The minimum absolute atomic E-state index is 0.323. The van der Waals surface area contributed by atoms with Gasteiger partial charge in [0.25, 0.3) is 0 Å². The summed E-state index contributed by atoms with van der Waals surface area (Å²) in [6.07, 6.45) is 2.81. The number of ether oxygens (including phenoxy) is 1. The van der Waals surface area contributed by atoms with Crippen LogP contribution in [0, 0.1) is 6.92 Å². The van der Waals surface area contributed by atoms with E-state index in [4.69, 9.17) is 9.26 Å². The van der Waals surface area contributed by atoms with Crippen LogP contribution in [0.1, 0.15) is 29.8 Å². The van der Waals surface area contributed by atoms with E-state index in [9.17, 15) is 0 Å². The fraction of sp³-hybridized carbons (Fsp3) is 0.250. The Hall–Kier alpha value is -3.39. The van der Waals surface area contributed by atoms with Crippen molar-refractivity contribution in [3.8, 4) is 17.1 Å². The van der Waals surface area contributed by atoms with Crippen LogP contribution in [-0.2, 0) is 25.3 Å². The fourth-order valence-electron chi connectivity index (χ4n) is 3.14. The van der Waals surface area contributed by atoms with E-state index < -0.39 is 0 Å². The predicted octanol–water partition coefficient (Wildman–Crippen LogP) is 5.26. The molecule has 0 saturated heterocycles. The monoisotopic (exact) mass is 447 g/mol. The minimum atomic E-state index is 0.323. The zero-order valence-corrected chi connectivity index (χ0v) is 19.0. The van der Waals surface area contributed by atoms with Crippen molar-refractivity contribution in [3.05, 3.63) is 84.0 Å². The lowest BCUT2D eigenvalue weighted by Crippen LogP contribution is -2.07. The van der Waals surface area contributed by atoms with E-state index in [1.807, 2.05) is 54.0 Å². The molecular formula is C24H25N5O2S. The standard InChI is InChI=1S/C24H25N5O2S/c1-4-13-29-21(15-30-20-8-6-7-17(3)14-20)26-27-24(29)32-16-22-25-23(28-31-22)19-11-9-18(5-2)10-12-19/h4,6-12,14H,1,5,13,15-16H2,2-3H3. The number of hydrogen-bond acceptors (Lipinski definition) is 7. The summed E-state index contributed by atoms with van der Waals surface area (Å²) in [4.78, 5) is 4.52. The number of benzene rings is 2. The first kappa shape index (κ1) is 21.8. The van der Waals surface area contributed by atoms with Gasteiger partial charge in [-0.1, -0.05) is 66.3 Å². The van der Waals surface area contributed by atoms with Crippen LogP contribution in [0.4, 0.5) is 0 Å². The number of thioether (sulfide) groups is 1. The Bertz CT molecular complexity index is 1180. The van der Waals surface area contributed by atoms with Crippen molar-refractivity contribution in [3.63, 3.8) is 0 Å². The van der Waals surface area contributed by atoms with E-state index in [1.165, 1.54) is 17.3 Å². The smallest absolute Gasteiger partial charge is 0.237 e. The molecule has 2 heterocycles. The maximum absolute atomic E-state index is 5.90. The second-order valence-electron chi connectivity index (χ2n) is 7.25. The van der Waals surface area contributed by atoms with Crippen LogP contribution in [0.15, 0.2) is 70.9 Å². The molecular weight excluding hydrogens is 422 g/mol. The molecule has 4 aromatic rings. The number of hydrogen-bond donors (Lipinski definition) is 0. The van der Waals surface area contributed by atoms with Crippen LogP contribution in [0.5, 0.6) is 5.75 Å². The van der Waals surface area contributed by atoms with E-state index in [1.54, 1.807) is 0 Å². The molecule has 0 aliphatic rings. The number of aromatic nitrogens is 5. The Morgan fingerprint density at radius 3 is 2.75 bits per heavy atom. The molecule has 2 aromatic heterocycles. The van der Waals surface area contributed by atoms with Gasteiger partial charge in [-0.2, -0.15) is 4.98 Å². The van der Waals surface area contributed by atoms with Gasteiger partial charge in [0.2, 0.25) is 11.7 Å². The van der Waals surface area contributed by atoms with Crippen molar-refractivity contribution in [2.24, 2.45) is 0 Å². The minimum Gasteiger partial charge on any atom is -0.486 e. The van der Waals surface area contributed by atoms with Gasteiger partial charge in [0.05, 0.1) is 5.75 Å². The molecule has 0 radical (unpaired) electrons. The van der Waals surface area contributed by atoms with Gasteiger partial charge in [-0.3, -0.25) is 4.57 Å². The summed E-state index contributed by atoms with van der Waals surface area (Å²) in [6.45, 7) is 8.92. The molecule has 8 heteroatoms. The molecule has 2 aromatic carbocycles. The van der Waals surface area contributed by atoms with Gasteiger partial charge in [0.15, 0.2) is 11.0 Å². The first-order valence-corrected chi connectivity index (χ1v) is 11.4. The van der Waals surface area contributed by atoms with Gasteiger partial charge in [-0.15, -0.1) is 16.8 Å². The fourth-order valence-corrected chi connectivity index (χ4v) is 3.95. The molecule has 0 amide bonds. The summed E-state index contributed by atoms with van der Waals surface area (Å²) in [5.41, 5.74) is 3.36. The number of allylic oxidation sites excluding steroid dienone is 1. The van der Waals surface area contributed by atoms with Crippen LogP contribution in [0.3, 0.4) is 0 Å². The number of aryl methyl sites for hydroxylation is 2. The highest BCUT2D eigenvalue weighted by atomic mass is 32.2. The first-order chi connectivity index (χ1) is 15.7. The van der Waals surface area contributed by atoms with E-state index >= 15 is 0 Å². The predicted molar refractivity (Wildman–Crippen MR) is 124 cm³/mol. The highest BCUT2D eigenvalue weighted by molar-refractivity contribution is 7.98. The SMILES string of the molecule is C=CCn1c(COc2cccc(C)c2)nnc1SCc1nc(-c2ccc(CC)cc2)no1. The Morgan fingerprint density at radius 1 is 1.16 bits per heavy atom. The number of nitrogens with zero attached hydrogens (tertiary/aromatic N) is 5. The van der Waals surface area contributed by atoms with Crippen LogP contribution in [0.2, 0.25) is 0 Å². The largest absolute Gasteiger partial charge is 0.486 e. The van der Waals surface area contributed by atoms with Crippen LogP contribution >= 0.6 is 11.8 Å². The van der Waals surface area contributed by atoms with Gasteiger partial charge in [0.1, 0.15) is 12.4 Å². The number of rotatable bonds is 10. The molecule has 7 nitrogen and oxygen atoms in total. The Balaban J connectivity index is 1.41. The summed E-state index contributed by atoms with van der Waals surface area (Å²) in [7, 11) is 0. The van der Waals surface area contributed by atoms with Gasteiger partial charge in [-0.25, -0.2) is 0 Å². The van der Waals surface area contributed by atoms with Crippen LogP contribution in [-0.4, -0.2) is 24.9 Å². The van der Waals surface area contributed by atoms with E-state index in [0.29, 0.717) is 30.6 Å². The van der Waals surface area contributed by atoms with Crippen molar-refractivity contribution in [2.75, 3.05) is 0 Å². The average Bonchev–Trinajstić information content (AvgIpc) is 3.44. The normalized spacial score (nSPS) is 10.9. The Morgan fingerprint density at radius 2 is 2.00 bits per heavy atom. The highest BCUT2D eigenvalue weighted by Crippen LogP contribution is 2.24. The Kier molecular flexibility index (Phi) is 7.01. The van der Waals surface area contributed by atoms with Crippen LogP contribution < -0.4 is 4.74 Å². The molecule has 0 saturated carbocycles. The maximum atomic E-state index is 5.90. The van der Waals surface area contributed by atoms with Crippen molar-refractivity contribution < 1.29 is 9.26 Å². The molecule has 0 N–H and O–H groups in total. The van der Waals surface area contributed by atoms with Crippen molar-refractivity contribution >= 4 is 11.8 Å². The summed E-state index contributed by atoms with van der Waals surface area (Å²) in [5, 5.41) is 13.5. The van der Waals surface area contributed by atoms with Gasteiger partial charge < -0.3 is 9.26 Å². The first-order valence-electron chi connectivity index (χ1n) is 10.4. The zero-order chi connectivity index (χ0) is 22.3. The molecule has 0 fully saturated rings. The molecule has 4 rings (SSSR count). The van der Waals surface area contributed by atoms with E-state index in [-0.39, 0.29) is 0 Å². The molecule has 0 bridgehead atoms. The molecule has 0 unspecified atom stereocenters. The molecule has 32 heavy (non-hydrogen) atoms. The third kappa shape index (κ3) is 5.26. The zero-order valence-electron chi connectivity index (χ0n) is 18.2. The van der Waals surface area contributed by atoms with Gasteiger partial charge in [-0.05, 0) is 36.6 Å². The van der Waals surface area contributed by atoms with Crippen LogP contribution in [0.25, 0.3) is 11.4 Å². The second kappa shape index (κ2) is 10.3. The lowest BCUT2D eigenvalue weighted by molar-refractivity contribution is 0.289. The van der Waals surface area contributed by atoms with Crippen molar-refractivity contribution in [1.29, 1.82) is 0 Å². The van der Waals surface area contributed by atoms with E-state index in [2.05, 4.69) is 46.0 Å². The summed E-state index contributed by atoms with van der Waals surface area (Å²) in [5.74, 6) is 3.15. The van der Waals surface area contributed by atoms with Gasteiger partial charge >= 0.3 is 0 Å². The summed E-state index contributed by atoms with van der Waals surface area (Å²) in [6, 6.07) is 16.1. The van der Waals surface area contributed by atoms with Gasteiger partial charge in [0, 0.05) is 12.1 Å². The lowest BCUT2D eigenvalue weighted by atomic mass is 10.1. The lowest BCUT2D eigenvalue weighted by Gasteiger charge is -2.09. The summed E-state index contributed by atoms with van der Waals surface area (Å²) < 4.78 is 13.3. The Labute approximate surface area is 191 Å². The quantitative estimate of drug-likeness (QED) is 0.242. The highest BCUT2D eigenvalue weighted by Gasteiger charge is 2.15. The average molecular weight is 448 g/mol. The molecule has 0 aliphatic heterocycles. The van der Waals surface area contributed by atoms with Crippen molar-refractivity contribution in [1.82, 2.24) is 24.9 Å². The third-order valence-corrected chi connectivity index (χ3v) is 5.83. The third-order valence-electron chi connectivity index (χ3n) is 4.88. The van der Waals surface area contributed by atoms with Crippen molar-refractivity contribution in [2.45, 2.75) is 44.3 Å². The molecule has 164 valence electrons. The maximum Gasteiger partial charge on any atom is 0.237 e. The molecule has 0 aliphatic carbocycles. The summed E-state index contributed by atoms with van der Waals surface area (Å²) >= 11 is 1.49.